The van der Waals surface area contributed by atoms with Crippen molar-refractivity contribution in [3.8, 4) is 0 Å². The number of furan rings is 2. The molecule has 0 aliphatic heterocycles. The minimum Gasteiger partial charge on any atom is -0.400 e. The molecule has 2 N–H and O–H groups in total. The molecule has 14 heteroatoms. The molecule has 0 saturated carbocycles. The summed E-state index contributed by atoms with van der Waals surface area (Å²) in [5, 5.41) is 28.4. The van der Waals surface area contributed by atoms with Gasteiger partial charge < -0.3 is 8.83 Å². The van der Waals surface area contributed by atoms with E-state index < -0.39 is 33.4 Å². The van der Waals surface area contributed by atoms with Crippen LogP contribution >= 0.6 is 0 Å². The Morgan fingerprint density at radius 2 is 1.09 bits per heavy atom. The molecular weight excluding hydrogens is 428 g/mol. The molecule has 0 saturated heterocycles. The van der Waals surface area contributed by atoms with Gasteiger partial charge in [0.2, 0.25) is 0 Å². The molecule has 0 atom stereocenters. The molecule has 2 heterocycles. The summed E-state index contributed by atoms with van der Waals surface area (Å²) >= 11 is 0. The molecule has 0 fully saturated rings. The Hall–Kier alpha value is -5.14. The van der Waals surface area contributed by atoms with Crippen LogP contribution in [0, 0.1) is 20.2 Å². The maximum atomic E-state index is 12.1. The maximum Gasteiger partial charge on any atom is 0.433 e. The third-order valence-corrected chi connectivity index (χ3v) is 3.71. The van der Waals surface area contributed by atoms with Crippen LogP contribution in [0.1, 0.15) is 32.2 Å². The Labute approximate surface area is 177 Å². The van der Waals surface area contributed by atoms with E-state index >= 15 is 0 Å². The van der Waals surface area contributed by atoms with Crippen molar-refractivity contribution in [2.24, 2.45) is 10.2 Å². The van der Waals surface area contributed by atoms with Gasteiger partial charge in [0.1, 0.15) is 9.85 Å². The minimum atomic E-state index is -0.706. The second kappa shape index (κ2) is 9.57. The number of nitrogens with zero attached hydrogens (tertiary/aromatic N) is 4. The van der Waals surface area contributed by atoms with E-state index in [1.807, 2.05) is 0 Å². The molecule has 2 amide bonds. The molecule has 0 aliphatic rings. The predicted molar refractivity (Wildman–Crippen MR) is 107 cm³/mol. The van der Waals surface area contributed by atoms with Crippen molar-refractivity contribution >= 4 is 36.0 Å². The lowest BCUT2D eigenvalue weighted by Crippen LogP contribution is -2.19. The van der Waals surface area contributed by atoms with E-state index in [-0.39, 0.29) is 22.6 Å². The van der Waals surface area contributed by atoms with Crippen LogP contribution in [-0.4, -0.2) is 34.1 Å². The number of amides is 2. The fraction of sp³-hybridized carbons (Fsp3) is 0. The van der Waals surface area contributed by atoms with E-state index in [2.05, 4.69) is 21.1 Å². The summed E-state index contributed by atoms with van der Waals surface area (Å²) in [5.74, 6) is -1.94. The molecule has 0 aliphatic carbocycles. The summed E-state index contributed by atoms with van der Waals surface area (Å²) in [4.78, 5) is 43.8. The lowest BCUT2D eigenvalue weighted by molar-refractivity contribution is -0.402. The molecule has 0 spiro atoms. The molecule has 2 aromatic heterocycles. The number of nitro groups is 2. The zero-order chi connectivity index (χ0) is 23.1. The first-order valence-electron chi connectivity index (χ1n) is 8.59. The molecule has 0 bridgehead atoms. The number of hydrogen-bond donors (Lipinski definition) is 2. The number of rotatable bonds is 8. The summed E-state index contributed by atoms with van der Waals surface area (Å²) in [7, 11) is 0. The van der Waals surface area contributed by atoms with Crippen LogP contribution in [0.4, 0.5) is 11.8 Å². The first-order chi connectivity index (χ1) is 15.3. The smallest absolute Gasteiger partial charge is 0.400 e. The van der Waals surface area contributed by atoms with Crippen LogP contribution in [-0.2, 0) is 0 Å². The van der Waals surface area contributed by atoms with Gasteiger partial charge in [-0.15, -0.1) is 0 Å². The molecule has 14 nitrogen and oxygen atoms in total. The lowest BCUT2D eigenvalue weighted by atomic mass is 10.1. The highest BCUT2D eigenvalue weighted by Crippen LogP contribution is 2.14. The molecular formula is C18H12N6O8. The average molecular weight is 440 g/mol. The van der Waals surface area contributed by atoms with Crippen LogP contribution in [0.3, 0.4) is 0 Å². The lowest BCUT2D eigenvalue weighted by Gasteiger charge is -2.02. The molecule has 32 heavy (non-hydrogen) atoms. The Kier molecular flexibility index (Phi) is 6.45. The van der Waals surface area contributed by atoms with Crippen LogP contribution in [0.5, 0.6) is 0 Å². The van der Waals surface area contributed by atoms with Gasteiger partial charge in [-0.1, -0.05) is 0 Å². The number of hydrogen-bond acceptors (Lipinski definition) is 10. The zero-order valence-electron chi connectivity index (χ0n) is 15.8. The van der Waals surface area contributed by atoms with Crippen molar-refractivity contribution in [2.75, 3.05) is 0 Å². The van der Waals surface area contributed by atoms with Gasteiger partial charge in [-0.25, -0.2) is 10.9 Å². The van der Waals surface area contributed by atoms with Gasteiger partial charge in [0.25, 0.3) is 11.8 Å². The second-order valence-electron chi connectivity index (χ2n) is 5.84. The van der Waals surface area contributed by atoms with Crippen molar-refractivity contribution in [1.29, 1.82) is 0 Å². The molecule has 0 unspecified atom stereocenters. The topological polar surface area (TPSA) is 195 Å². The number of carbonyl (C=O) groups is 2. The first kappa shape index (κ1) is 21.6. The van der Waals surface area contributed by atoms with Crippen molar-refractivity contribution < 1.29 is 28.3 Å². The van der Waals surface area contributed by atoms with Crippen molar-refractivity contribution in [2.45, 2.75) is 0 Å². The first-order valence-corrected chi connectivity index (χ1v) is 8.59. The maximum absolute atomic E-state index is 12.1. The van der Waals surface area contributed by atoms with Crippen molar-refractivity contribution in [3.63, 3.8) is 0 Å². The van der Waals surface area contributed by atoms with E-state index in [0.29, 0.717) is 0 Å². The fourth-order valence-electron chi connectivity index (χ4n) is 2.23. The van der Waals surface area contributed by atoms with E-state index in [4.69, 9.17) is 8.83 Å². The highest BCUT2D eigenvalue weighted by molar-refractivity contribution is 5.98. The number of benzene rings is 1. The number of nitrogens with one attached hydrogen (secondary N) is 2. The highest BCUT2D eigenvalue weighted by Gasteiger charge is 2.12. The summed E-state index contributed by atoms with van der Waals surface area (Å²) in [6.07, 6.45) is 2.19. The van der Waals surface area contributed by atoms with E-state index in [1.54, 1.807) is 0 Å². The van der Waals surface area contributed by atoms with Crippen molar-refractivity contribution in [3.05, 3.63) is 91.4 Å². The van der Waals surface area contributed by atoms with Gasteiger partial charge >= 0.3 is 11.8 Å². The standard InChI is InChI=1S/C18H12N6O8/c25-17(21-19-9-13-5-7-15(31-13)23(27)28)11-1-2-12(4-3-11)18(26)22-20-10-14-6-8-16(32-14)24(29)30/h1-10H,(H,21,25)(H,22,26). The Bertz CT molecular complexity index is 1130. The monoisotopic (exact) mass is 440 g/mol. The van der Waals surface area contributed by atoms with E-state index in [9.17, 15) is 29.8 Å². The molecule has 3 aromatic rings. The Balaban J connectivity index is 1.52. The van der Waals surface area contributed by atoms with Crippen molar-refractivity contribution in [1.82, 2.24) is 10.9 Å². The highest BCUT2D eigenvalue weighted by atomic mass is 16.7. The van der Waals surface area contributed by atoms with Gasteiger partial charge in [-0.2, -0.15) is 10.2 Å². The second-order valence-corrected chi connectivity index (χ2v) is 5.84. The SMILES string of the molecule is O=C(NN=Cc1ccc([N+](=O)[O-])o1)c1ccc(C(=O)NN=Cc2ccc([N+](=O)[O-])o2)cc1. The summed E-state index contributed by atoms with van der Waals surface area (Å²) in [6.45, 7) is 0. The molecule has 0 radical (unpaired) electrons. The van der Waals surface area contributed by atoms with Gasteiger partial charge in [0.15, 0.2) is 11.5 Å². The van der Waals surface area contributed by atoms with Gasteiger partial charge in [-0.3, -0.25) is 29.8 Å². The zero-order valence-corrected chi connectivity index (χ0v) is 15.8. The van der Waals surface area contributed by atoms with Gasteiger partial charge in [0, 0.05) is 11.1 Å². The van der Waals surface area contributed by atoms with Crippen LogP contribution in [0.25, 0.3) is 0 Å². The quantitative estimate of drug-likeness (QED) is 0.302. The normalized spacial score (nSPS) is 11.0. The molecule has 1 aromatic carbocycles. The summed E-state index contributed by atoms with van der Waals surface area (Å²) in [6, 6.07) is 10.4. The minimum absolute atomic E-state index is 0.0775. The fourth-order valence-corrected chi connectivity index (χ4v) is 2.23. The Morgan fingerprint density at radius 1 is 0.719 bits per heavy atom. The van der Waals surface area contributed by atoms with Crippen LogP contribution < -0.4 is 10.9 Å². The molecule has 3 rings (SSSR count). The van der Waals surface area contributed by atoms with Crippen LogP contribution in [0.2, 0.25) is 0 Å². The average Bonchev–Trinajstić information content (AvgIpc) is 3.44. The third-order valence-electron chi connectivity index (χ3n) is 3.71. The largest absolute Gasteiger partial charge is 0.433 e. The predicted octanol–water partition coefficient (Wildman–Crippen LogP) is 2.22. The van der Waals surface area contributed by atoms with Gasteiger partial charge in [0.05, 0.1) is 24.6 Å². The van der Waals surface area contributed by atoms with E-state index in [1.165, 1.54) is 36.4 Å². The van der Waals surface area contributed by atoms with Gasteiger partial charge in [-0.05, 0) is 36.4 Å². The number of hydrazone groups is 2. The Morgan fingerprint density at radius 3 is 1.41 bits per heavy atom. The molecule has 162 valence electrons. The van der Waals surface area contributed by atoms with E-state index in [0.717, 1.165) is 24.6 Å². The summed E-state index contributed by atoms with van der Waals surface area (Å²) < 4.78 is 9.71. The third kappa shape index (κ3) is 5.47. The number of carbonyl (C=O) groups excluding carboxylic acids is 2. The summed E-state index contributed by atoms with van der Waals surface area (Å²) in [5.41, 5.74) is 4.81. The van der Waals surface area contributed by atoms with Crippen LogP contribution in [0.15, 0.2) is 67.6 Å².